The summed E-state index contributed by atoms with van der Waals surface area (Å²) in [4.78, 5) is 57.3. The van der Waals surface area contributed by atoms with Crippen LogP contribution in [0.3, 0.4) is 0 Å². The van der Waals surface area contributed by atoms with Crippen LogP contribution in [0.1, 0.15) is 57.2 Å². The fourth-order valence-corrected chi connectivity index (χ4v) is 8.34. The molecule has 5 rings (SSSR count). The summed E-state index contributed by atoms with van der Waals surface area (Å²) in [6, 6.07) is 9.63. The number of carbonyl (C=O) groups is 3. The molecule has 2 aliphatic heterocycles. The molecule has 0 radical (unpaired) electrons. The number of ether oxygens (including phenoxy) is 3. The average Bonchev–Trinajstić information content (AvgIpc) is 3.30. The molecular formula is C31H36ClN3O7Si. The molecule has 1 N–H and O–H groups in total. The first-order valence-corrected chi connectivity index (χ1v) is 18.1. The van der Waals surface area contributed by atoms with Gasteiger partial charge in [-0.2, -0.15) is 0 Å². The van der Waals surface area contributed by atoms with Gasteiger partial charge in [-0.25, -0.2) is 14.6 Å². The van der Waals surface area contributed by atoms with Crippen molar-refractivity contribution >= 4 is 53.8 Å². The van der Waals surface area contributed by atoms with Crippen molar-refractivity contribution in [3.8, 4) is 11.4 Å². The van der Waals surface area contributed by atoms with Crippen LogP contribution in [0.25, 0.3) is 22.3 Å². The highest BCUT2D eigenvalue weighted by Crippen LogP contribution is 2.41. The van der Waals surface area contributed by atoms with Crippen LogP contribution in [-0.2, 0) is 42.6 Å². The summed E-state index contributed by atoms with van der Waals surface area (Å²) >= 11 is 6.52. The van der Waals surface area contributed by atoms with Crippen molar-refractivity contribution in [2.75, 3.05) is 12.0 Å². The highest BCUT2D eigenvalue weighted by molar-refractivity contribution is 6.95. The molecule has 1 aromatic carbocycles. The predicted molar refractivity (Wildman–Crippen MR) is 165 cm³/mol. The van der Waals surface area contributed by atoms with Crippen molar-refractivity contribution in [3.63, 3.8) is 0 Å². The van der Waals surface area contributed by atoms with Crippen LogP contribution in [0.4, 0.5) is 4.79 Å². The number of fused-ring (bicyclic) bond motifs is 5. The van der Waals surface area contributed by atoms with Gasteiger partial charge in [-0.3, -0.25) is 9.59 Å². The van der Waals surface area contributed by atoms with Gasteiger partial charge < -0.3 is 24.1 Å². The molecule has 2 aromatic heterocycles. The van der Waals surface area contributed by atoms with Crippen molar-refractivity contribution in [2.45, 2.75) is 78.0 Å². The summed E-state index contributed by atoms with van der Waals surface area (Å²) in [6.45, 7) is 11.3. The van der Waals surface area contributed by atoms with Gasteiger partial charge in [-0.15, -0.1) is 11.6 Å². The molecule has 1 atom stereocenters. The second-order valence-electron chi connectivity index (χ2n) is 12.6. The minimum Gasteiger partial charge on any atom is -0.457 e. The van der Waals surface area contributed by atoms with E-state index >= 15 is 0 Å². The molecule has 4 heterocycles. The van der Waals surface area contributed by atoms with E-state index in [-0.39, 0.29) is 37.1 Å². The number of hydrogen-bond acceptors (Lipinski definition) is 8. The number of rotatable bonds is 7. The Morgan fingerprint density at radius 3 is 2.58 bits per heavy atom. The number of benzene rings is 1. The van der Waals surface area contributed by atoms with E-state index in [1.807, 2.05) is 24.3 Å². The van der Waals surface area contributed by atoms with E-state index < -0.39 is 37.3 Å². The molecule has 43 heavy (non-hydrogen) atoms. The van der Waals surface area contributed by atoms with Crippen LogP contribution in [0, 0.1) is 0 Å². The van der Waals surface area contributed by atoms with Gasteiger partial charge in [0.1, 0.15) is 12.2 Å². The molecule has 0 bridgehead atoms. The maximum absolute atomic E-state index is 14.0. The Kier molecular flexibility index (Phi) is 7.93. The molecule has 10 nitrogen and oxygen atoms in total. The largest absolute Gasteiger partial charge is 0.457 e. The zero-order valence-electron chi connectivity index (χ0n) is 25.3. The molecular weight excluding hydrogens is 590 g/mol. The molecule has 0 fully saturated rings. The quantitative estimate of drug-likeness (QED) is 0.140. The maximum atomic E-state index is 14.0. The van der Waals surface area contributed by atoms with Crippen molar-refractivity contribution in [3.05, 3.63) is 57.4 Å². The van der Waals surface area contributed by atoms with Crippen molar-refractivity contribution in [2.24, 2.45) is 0 Å². The number of alkyl halides is 1. The number of halogens is 1. The van der Waals surface area contributed by atoms with Gasteiger partial charge in [-0.05, 0) is 55.5 Å². The Morgan fingerprint density at radius 1 is 1.19 bits per heavy atom. The molecule has 0 aliphatic carbocycles. The first-order valence-electron chi connectivity index (χ1n) is 14.3. The van der Waals surface area contributed by atoms with Crippen LogP contribution < -0.4 is 16.1 Å². The number of esters is 2. The first kappa shape index (κ1) is 30.7. The van der Waals surface area contributed by atoms with E-state index in [0.29, 0.717) is 29.0 Å². The van der Waals surface area contributed by atoms with E-state index in [2.05, 4.69) is 18.4 Å². The minimum atomic E-state index is -2.14. The summed E-state index contributed by atoms with van der Waals surface area (Å²) in [6.07, 6.45) is -0.844. The normalized spacial score (nSPS) is 17.5. The number of cyclic esters (lactones) is 1. The lowest BCUT2D eigenvalue weighted by atomic mass is 9.85. The van der Waals surface area contributed by atoms with Gasteiger partial charge in [0.05, 0.1) is 43.5 Å². The standard InChI is InChI=1S/C31H36ClN3O7Si/c1-7-31(41-24(36)12-13-33-29(39)42-30(2,3)4)21-14-23-25-19(15-35(23)27(37)20(21)16-40-28(31)38)26(43(5,6)17-32)18-10-8-9-11-22(18)34-25/h8-11,14H,7,12-13,15-17H2,1-6H3,(H,33,39). The number of amides is 1. The van der Waals surface area contributed by atoms with Crippen LogP contribution >= 0.6 is 11.6 Å². The second-order valence-corrected chi connectivity index (χ2v) is 17.9. The van der Waals surface area contributed by atoms with Gasteiger partial charge in [0.15, 0.2) is 0 Å². The van der Waals surface area contributed by atoms with Gasteiger partial charge in [0, 0.05) is 17.6 Å². The van der Waals surface area contributed by atoms with Gasteiger partial charge in [-0.1, -0.05) is 38.2 Å². The van der Waals surface area contributed by atoms with Crippen LogP contribution in [-0.4, -0.2) is 53.3 Å². The molecule has 0 spiro atoms. The van der Waals surface area contributed by atoms with Crippen molar-refractivity contribution in [1.82, 2.24) is 14.9 Å². The third-order valence-electron chi connectivity index (χ3n) is 7.86. The zero-order valence-corrected chi connectivity index (χ0v) is 27.0. The summed E-state index contributed by atoms with van der Waals surface area (Å²) in [5, 5.41) is 4.70. The lowest BCUT2D eigenvalue weighted by molar-refractivity contribution is -0.189. The van der Waals surface area contributed by atoms with Crippen molar-refractivity contribution in [1.29, 1.82) is 0 Å². The Hall–Kier alpha value is -3.70. The van der Waals surface area contributed by atoms with Gasteiger partial charge >= 0.3 is 18.0 Å². The highest BCUT2D eigenvalue weighted by Gasteiger charge is 2.50. The van der Waals surface area contributed by atoms with Crippen LogP contribution in [0.5, 0.6) is 0 Å². The second kappa shape index (κ2) is 11.1. The molecule has 12 heteroatoms. The molecule has 1 unspecified atom stereocenters. The van der Waals surface area contributed by atoms with Crippen LogP contribution in [0.15, 0.2) is 35.1 Å². The molecule has 1 amide bonds. The fraction of sp³-hybridized carbons (Fsp3) is 0.452. The maximum Gasteiger partial charge on any atom is 0.407 e. The zero-order chi connectivity index (χ0) is 31.3. The number of para-hydroxylation sites is 1. The Labute approximate surface area is 255 Å². The van der Waals surface area contributed by atoms with Gasteiger partial charge in [0.2, 0.25) is 5.60 Å². The molecule has 3 aromatic rings. The lowest BCUT2D eigenvalue weighted by Crippen LogP contribution is -2.48. The number of hydrogen-bond donors (Lipinski definition) is 1. The smallest absolute Gasteiger partial charge is 0.407 e. The van der Waals surface area contributed by atoms with Gasteiger partial charge in [0.25, 0.3) is 5.56 Å². The third-order valence-corrected chi connectivity index (χ3v) is 12.5. The Morgan fingerprint density at radius 2 is 1.91 bits per heavy atom. The molecule has 228 valence electrons. The highest BCUT2D eigenvalue weighted by atomic mass is 35.5. The van der Waals surface area contributed by atoms with E-state index in [1.165, 1.54) is 0 Å². The first-order chi connectivity index (χ1) is 20.2. The third kappa shape index (κ3) is 5.44. The predicted octanol–water partition coefficient (Wildman–Crippen LogP) is 4.24. The average molecular weight is 626 g/mol. The van der Waals surface area contributed by atoms with E-state index in [1.54, 1.807) is 38.3 Å². The topological polar surface area (TPSA) is 126 Å². The number of alkyl carbamates (subject to hydrolysis) is 1. The number of pyridine rings is 2. The lowest BCUT2D eigenvalue weighted by Gasteiger charge is -2.35. The van der Waals surface area contributed by atoms with E-state index in [4.69, 9.17) is 30.8 Å². The Balaban J connectivity index is 1.56. The molecule has 0 saturated heterocycles. The summed E-state index contributed by atoms with van der Waals surface area (Å²) < 4.78 is 18.1. The molecule has 2 aliphatic rings. The number of carbonyl (C=O) groups excluding carboxylic acids is 3. The summed E-state index contributed by atoms with van der Waals surface area (Å²) in [5.74, 6) is -1.48. The Bertz CT molecular complexity index is 1710. The SMILES string of the molecule is CCC1(OC(=O)CCNC(=O)OC(C)(C)C)C(=O)OCc2c1cc1n(c2=O)Cc2c-1nc1ccccc1c2[Si](C)(C)CCl. The van der Waals surface area contributed by atoms with E-state index in [0.717, 1.165) is 21.7 Å². The fourth-order valence-electron chi connectivity index (χ4n) is 5.85. The number of aromatic nitrogens is 2. The number of nitrogens with one attached hydrogen (secondary N) is 1. The minimum absolute atomic E-state index is 0.0441. The summed E-state index contributed by atoms with van der Waals surface area (Å²) in [7, 11) is -2.14. The monoisotopic (exact) mass is 625 g/mol. The van der Waals surface area contributed by atoms with Crippen LogP contribution in [0.2, 0.25) is 13.1 Å². The molecule has 0 saturated carbocycles. The number of nitrogens with zero attached hydrogens (tertiary/aromatic N) is 2. The van der Waals surface area contributed by atoms with E-state index in [9.17, 15) is 19.2 Å². The van der Waals surface area contributed by atoms with Crippen molar-refractivity contribution < 1.29 is 28.6 Å². The summed E-state index contributed by atoms with van der Waals surface area (Å²) in [5.41, 5.74) is 1.19.